The first-order valence-electron chi connectivity index (χ1n) is 9.73. The summed E-state index contributed by atoms with van der Waals surface area (Å²) >= 11 is 0. The van der Waals surface area contributed by atoms with Crippen LogP contribution in [0.25, 0.3) is 11.3 Å². The van der Waals surface area contributed by atoms with Crippen LogP contribution in [0.3, 0.4) is 0 Å². The predicted molar refractivity (Wildman–Crippen MR) is 103 cm³/mol. The van der Waals surface area contributed by atoms with Gasteiger partial charge in [-0.25, -0.2) is 0 Å². The molecule has 1 aliphatic heterocycles. The Labute approximate surface area is 163 Å². The zero-order valence-electron chi connectivity index (χ0n) is 15.8. The van der Waals surface area contributed by atoms with E-state index in [0.717, 1.165) is 31.6 Å². The number of nitrogens with zero attached hydrogens (tertiary/aromatic N) is 2. The van der Waals surface area contributed by atoms with Crippen LogP contribution < -0.4 is 10.1 Å². The van der Waals surface area contributed by atoms with Gasteiger partial charge in [0.25, 0.3) is 0 Å². The summed E-state index contributed by atoms with van der Waals surface area (Å²) in [5.74, 6) is 0.479. The molecule has 1 aliphatic rings. The number of alkyl halides is 2. The quantitative estimate of drug-likeness (QED) is 0.704. The maximum absolute atomic E-state index is 12.2. The highest BCUT2D eigenvalue weighted by molar-refractivity contribution is 5.90. The predicted octanol–water partition coefficient (Wildman–Crippen LogP) is 4.27. The van der Waals surface area contributed by atoms with E-state index in [1.807, 2.05) is 0 Å². The first-order valence-corrected chi connectivity index (χ1v) is 9.73. The fraction of sp³-hybridized carbons (Fsp3) is 0.500. The molecule has 1 fully saturated rings. The standard InChI is InChI=1S/C20H26F2N4O2/c21-20(22)28-16-9-7-15(8-10-16)17-14-18(25-24-17)23-19(27)6-5-13-26-11-3-1-2-4-12-26/h7-10,14,20H,1-6,11-13H2,(H2,23,24,25,27). The molecule has 2 N–H and O–H groups in total. The van der Waals surface area contributed by atoms with Gasteiger partial charge in [0.2, 0.25) is 5.91 Å². The molecular weight excluding hydrogens is 366 g/mol. The number of anilines is 1. The van der Waals surface area contributed by atoms with Crippen LogP contribution in [0, 0.1) is 0 Å². The molecule has 3 rings (SSSR count). The Morgan fingerprint density at radius 1 is 1.18 bits per heavy atom. The van der Waals surface area contributed by atoms with Gasteiger partial charge in [-0.2, -0.15) is 13.9 Å². The fourth-order valence-electron chi connectivity index (χ4n) is 3.38. The molecule has 0 saturated carbocycles. The van der Waals surface area contributed by atoms with E-state index >= 15 is 0 Å². The number of H-pyrrole nitrogens is 1. The second-order valence-corrected chi connectivity index (χ2v) is 6.98. The Bertz CT molecular complexity index is 741. The van der Waals surface area contributed by atoms with E-state index in [2.05, 4.69) is 25.2 Å². The average molecular weight is 392 g/mol. The van der Waals surface area contributed by atoms with Gasteiger partial charge in [-0.1, -0.05) is 12.8 Å². The number of rotatable bonds is 8. The van der Waals surface area contributed by atoms with Gasteiger partial charge in [0, 0.05) is 12.5 Å². The molecule has 1 aromatic heterocycles. The van der Waals surface area contributed by atoms with Crippen LogP contribution in [0.2, 0.25) is 0 Å². The Morgan fingerprint density at radius 3 is 2.57 bits per heavy atom. The molecule has 0 atom stereocenters. The minimum Gasteiger partial charge on any atom is -0.435 e. The smallest absolute Gasteiger partial charge is 0.387 e. The van der Waals surface area contributed by atoms with Crippen LogP contribution in [0.15, 0.2) is 30.3 Å². The number of aromatic amines is 1. The third kappa shape index (κ3) is 6.30. The lowest BCUT2D eigenvalue weighted by Crippen LogP contribution is -2.26. The van der Waals surface area contributed by atoms with E-state index in [9.17, 15) is 13.6 Å². The molecule has 2 heterocycles. The lowest BCUT2D eigenvalue weighted by Gasteiger charge is -2.19. The second-order valence-electron chi connectivity index (χ2n) is 6.98. The molecule has 0 spiro atoms. The molecule has 1 aromatic carbocycles. The highest BCUT2D eigenvalue weighted by Crippen LogP contribution is 2.23. The summed E-state index contributed by atoms with van der Waals surface area (Å²) in [6, 6.07) is 7.94. The van der Waals surface area contributed by atoms with Crippen LogP contribution in [-0.4, -0.2) is 47.3 Å². The van der Waals surface area contributed by atoms with Gasteiger partial charge in [0.1, 0.15) is 5.75 Å². The lowest BCUT2D eigenvalue weighted by molar-refractivity contribution is -0.116. The third-order valence-electron chi connectivity index (χ3n) is 4.81. The molecule has 28 heavy (non-hydrogen) atoms. The number of likely N-dealkylation sites (tertiary alicyclic amines) is 1. The second kappa shape index (κ2) is 10.2. The van der Waals surface area contributed by atoms with Crippen LogP contribution in [-0.2, 0) is 4.79 Å². The number of carbonyl (C=O) groups is 1. The first-order chi connectivity index (χ1) is 13.6. The van der Waals surface area contributed by atoms with Gasteiger partial charge < -0.3 is 15.0 Å². The summed E-state index contributed by atoms with van der Waals surface area (Å²) in [4.78, 5) is 14.6. The van der Waals surface area contributed by atoms with Crippen molar-refractivity contribution in [3.8, 4) is 17.0 Å². The molecule has 0 aliphatic carbocycles. The number of halogens is 2. The van der Waals surface area contributed by atoms with Crippen molar-refractivity contribution in [1.82, 2.24) is 15.1 Å². The molecule has 0 radical (unpaired) electrons. The first kappa shape index (κ1) is 20.3. The zero-order chi connectivity index (χ0) is 19.8. The molecule has 0 unspecified atom stereocenters. The Balaban J connectivity index is 1.45. The fourth-order valence-corrected chi connectivity index (χ4v) is 3.38. The highest BCUT2D eigenvalue weighted by Gasteiger charge is 2.11. The normalized spacial score (nSPS) is 15.4. The van der Waals surface area contributed by atoms with E-state index in [1.54, 1.807) is 18.2 Å². The summed E-state index contributed by atoms with van der Waals surface area (Å²) < 4.78 is 28.7. The summed E-state index contributed by atoms with van der Waals surface area (Å²) in [6.07, 6.45) is 6.39. The van der Waals surface area contributed by atoms with Crippen molar-refractivity contribution in [2.75, 3.05) is 25.0 Å². The van der Waals surface area contributed by atoms with Gasteiger partial charge in [-0.3, -0.25) is 9.89 Å². The molecule has 6 nitrogen and oxygen atoms in total. The molecule has 152 valence electrons. The van der Waals surface area contributed by atoms with E-state index in [1.165, 1.54) is 37.8 Å². The van der Waals surface area contributed by atoms with Gasteiger partial charge >= 0.3 is 6.61 Å². The monoisotopic (exact) mass is 392 g/mol. The van der Waals surface area contributed by atoms with Crippen molar-refractivity contribution in [2.24, 2.45) is 0 Å². The number of ether oxygens (including phenoxy) is 1. The third-order valence-corrected chi connectivity index (χ3v) is 4.81. The van der Waals surface area contributed by atoms with Gasteiger partial charge in [-0.15, -0.1) is 0 Å². The van der Waals surface area contributed by atoms with E-state index in [-0.39, 0.29) is 11.7 Å². The van der Waals surface area contributed by atoms with Crippen molar-refractivity contribution in [3.05, 3.63) is 30.3 Å². The van der Waals surface area contributed by atoms with Crippen molar-refractivity contribution >= 4 is 11.7 Å². The van der Waals surface area contributed by atoms with E-state index in [4.69, 9.17) is 0 Å². The Hall–Kier alpha value is -2.48. The zero-order valence-corrected chi connectivity index (χ0v) is 15.8. The molecule has 8 heteroatoms. The number of amides is 1. The Morgan fingerprint density at radius 2 is 1.89 bits per heavy atom. The topological polar surface area (TPSA) is 70.2 Å². The van der Waals surface area contributed by atoms with Crippen molar-refractivity contribution in [1.29, 1.82) is 0 Å². The largest absolute Gasteiger partial charge is 0.435 e. The van der Waals surface area contributed by atoms with Crippen LogP contribution in [0.5, 0.6) is 5.75 Å². The molecule has 1 saturated heterocycles. The average Bonchev–Trinajstić information content (AvgIpc) is 2.96. The summed E-state index contributed by atoms with van der Waals surface area (Å²) in [7, 11) is 0. The SMILES string of the molecule is O=C(CCCN1CCCCCC1)Nc1cc(-c2ccc(OC(F)F)cc2)[nH]n1. The van der Waals surface area contributed by atoms with Crippen LogP contribution >= 0.6 is 0 Å². The lowest BCUT2D eigenvalue weighted by atomic mass is 10.1. The number of benzene rings is 1. The minimum absolute atomic E-state index is 0.0615. The van der Waals surface area contributed by atoms with E-state index in [0.29, 0.717) is 17.9 Å². The number of nitrogens with one attached hydrogen (secondary N) is 2. The van der Waals surface area contributed by atoms with Gasteiger partial charge in [0.05, 0.1) is 5.69 Å². The van der Waals surface area contributed by atoms with Crippen molar-refractivity contribution in [2.45, 2.75) is 45.1 Å². The summed E-state index contributed by atoms with van der Waals surface area (Å²) in [6.45, 7) is 0.364. The van der Waals surface area contributed by atoms with E-state index < -0.39 is 6.61 Å². The van der Waals surface area contributed by atoms with Crippen molar-refractivity contribution < 1.29 is 18.3 Å². The van der Waals surface area contributed by atoms with Crippen LogP contribution in [0.1, 0.15) is 38.5 Å². The van der Waals surface area contributed by atoms with Gasteiger partial charge in [0.15, 0.2) is 5.82 Å². The highest BCUT2D eigenvalue weighted by atomic mass is 19.3. The number of hydrogen-bond donors (Lipinski definition) is 2. The number of aromatic nitrogens is 2. The molecular formula is C20H26F2N4O2. The van der Waals surface area contributed by atoms with Gasteiger partial charge in [-0.05, 0) is 68.7 Å². The maximum Gasteiger partial charge on any atom is 0.387 e. The maximum atomic E-state index is 12.2. The summed E-state index contributed by atoms with van der Waals surface area (Å²) in [5.41, 5.74) is 1.44. The number of hydrogen-bond acceptors (Lipinski definition) is 4. The number of carbonyl (C=O) groups excluding carboxylic acids is 1. The summed E-state index contributed by atoms with van der Waals surface area (Å²) in [5, 5.41) is 9.73. The molecule has 1 amide bonds. The van der Waals surface area contributed by atoms with Crippen molar-refractivity contribution in [3.63, 3.8) is 0 Å². The molecule has 2 aromatic rings. The van der Waals surface area contributed by atoms with Crippen LogP contribution in [0.4, 0.5) is 14.6 Å². The minimum atomic E-state index is -2.85. The molecule has 0 bridgehead atoms. The Kier molecular flexibility index (Phi) is 7.36.